The molecule has 2 aromatic rings. The number of hydrogen-bond donors (Lipinski definition) is 1. The number of nitrogens with zero attached hydrogens (tertiary/aromatic N) is 1. The van der Waals surface area contributed by atoms with Crippen LogP contribution < -0.4 is 0 Å². The highest BCUT2D eigenvalue weighted by Crippen LogP contribution is 2.19. The summed E-state index contributed by atoms with van der Waals surface area (Å²) in [6.45, 7) is 3.69. The van der Waals surface area contributed by atoms with Gasteiger partial charge < -0.3 is 5.11 Å². The second-order valence-corrected chi connectivity index (χ2v) is 3.57. The Morgan fingerprint density at radius 3 is 2.73 bits per heavy atom. The number of carboxylic acid groups (broad SMARTS) is 1. The van der Waals surface area contributed by atoms with Crippen molar-refractivity contribution in [2.45, 2.75) is 13.8 Å². The summed E-state index contributed by atoms with van der Waals surface area (Å²) in [6, 6.07) is 7.42. The van der Waals surface area contributed by atoms with Crippen LogP contribution in [0.15, 0.2) is 24.3 Å². The molecule has 0 fully saturated rings. The summed E-state index contributed by atoms with van der Waals surface area (Å²) in [5.41, 5.74) is 2.77. The Morgan fingerprint density at radius 1 is 1.33 bits per heavy atom. The predicted octanol–water partition coefficient (Wildman–Crippen LogP) is 2.55. The lowest BCUT2D eigenvalue weighted by Gasteiger charge is -2.05. The number of aryl methyl sites for hydroxylation is 2. The van der Waals surface area contributed by atoms with E-state index in [2.05, 4.69) is 4.98 Å². The molecule has 3 heteroatoms. The van der Waals surface area contributed by atoms with Crippen molar-refractivity contribution in [1.82, 2.24) is 4.98 Å². The van der Waals surface area contributed by atoms with Crippen LogP contribution in [0.1, 0.15) is 21.6 Å². The minimum atomic E-state index is -0.927. The van der Waals surface area contributed by atoms with E-state index in [1.807, 2.05) is 25.1 Å². The van der Waals surface area contributed by atoms with Crippen LogP contribution in [0.5, 0.6) is 0 Å². The van der Waals surface area contributed by atoms with E-state index in [0.29, 0.717) is 5.69 Å². The number of hydrogen-bond acceptors (Lipinski definition) is 2. The Kier molecular flexibility index (Phi) is 2.15. The molecule has 1 N–H and O–H groups in total. The molecule has 0 saturated carbocycles. The third kappa shape index (κ3) is 1.56. The number of pyridine rings is 1. The maximum Gasteiger partial charge on any atom is 0.337 e. The van der Waals surface area contributed by atoms with E-state index in [4.69, 9.17) is 5.11 Å². The van der Waals surface area contributed by atoms with Gasteiger partial charge in [-0.15, -0.1) is 0 Å². The lowest BCUT2D eigenvalue weighted by molar-refractivity contribution is 0.0696. The van der Waals surface area contributed by atoms with Crippen LogP contribution in [-0.2, 0) is 0 Å². The number of carboxylic acids is 1. The SMILES string of the molecule is Cc1nc2c(C)cccc2cc1C(=O)O. The highest BCUT2D eigenvalue weighted by atomic mass is 16.4. The average molecular weight is 201 g/mol. The zero-order valence-electron chi connectivity index (χ0n) is 8.61. The summed E-state index contributed by atoms with van der Waals surface area (Å²) in [5, 5.41) is 9.83. The van der Waals surface area contributed by atoms with Gasteiger partial charge in [0.1, 0.15) is 0 Å². The quantitative estimate of drug-likeness (QED) is 0.771. The minimum absolute atomic E-state index is 0.271. The maximum atomic E-state index is 10.9. The van der Waals surface area contributed by atoms with E-state index >= 15 is 0 Å². The molecule has 76 valence electrons. The molecule has 0 aliphatic heterocycles. The van der Waals surface area contributed by atoms with Crippen LogP contribution in [0.25, 0.3) is 10.9 Å². The van der Waals surface area contributed by atoms with Gasteiger partial charge in [0.2, 0.25) is 0 Å². The van der Waals surface area contributed by atoms with Crippen LogP contribution in [0, 0.1) is 13.8 Å². The lowest BCUT2D eigenvalue weighted by atomic mass is 10.1. The first kappa shape index (κ1) is 9.65. The molecule has 0 radical (unpaired) electrons. The van der Waals surface area contributed by atoms with E-state index in [9.17, 15) is 4.79 Å². The average Bonchev–Trinajstić information content (AvgIpc) is 2.18. The van der Waals surface area contributed by atoms with Crippen molar-refractivity contribution >= 4 is 16.9 Å². The van der Waals surface area contributed by atoms with Crippen molar-refractivity contribution in [2.24, 2.45) is 0 Å². The Bertz CT molecular complexity index is 547. The van der Waals surface area contributed by atoms with E-state index in [0.717, 1.165) is 16.5 Å². The first-order valence-electron chi connectivity index (χ1n) is 4.70. The van der Waals surface area contributed by atoms with Gasteiger partial charge in [-0.25, -0.2) is 4.79 Å². The number of carbonyl (C=O) groups is 1. The lowest BCUT2D eigenvalue weighted by Crippen LogP contribution is -2.02. The second-order valence-electron chi connectivity index (χ2n) is 3.57. The van der Waals surface area contributed by atoms with Crippen LogP contribution in [-0.4, -0.2) is 16.1 Å². The van der Waals surface area contributed by atoms with Gasteiger partial charge in [0.05, 0.1) is 16.8 Å². The van der Waals surface area contributed by atoms with Gasteiger partial charge in [-0.05, 0) is 25.5 Å². The highest BCUT2D eigenvalue weighted by molar-refractivity contribution is 5.94. The van der Waals surface area contributed by atoms with Gasteiger partial charge in [0.25, 0.3) is 0 Å². The largest absolute Gasteiger partial charge is 0.478 e. The fraction of sp³-hybridized carbons (Fsp3) is 0.167. The fourth-order valence-electron chi connectivity index (χ4n) is 1.66. The Labute approximate surface area is 87.4 Å². The first-order chi connectivity index (χ1) is 7.09. The topological polar surface area (TPSA) is 50.2 Å². The molecule has 0 amide bonds. The maximum absolute atomic E-state index is 10.9. The third-order valence-electron chi connectivity index (χ3n) is 2.47. The smallest absolute Gasteiger partial charge is 0.337 e. The summed E-state index contributed by atoms with van der Waals surface area (Å²) in [6.07, 6.45) is 0. The van der Waals surface area contributed by atoms with Crippen molar-refractivity contribution in [3.05, 3.63) is 41.1 Å². The van der Waals surface area contributed by atoms with Crippen LogP contribution in [0.2, 0.25) is 0 Å². The fourth-order valence-corrected chi connectivity index (χ4v) is 1.66. The highest BCUT2D eigenvalue weighted by Gasteiger charge is 2.10. The monoisotopic (exact) mass is 201 g/mol. The summed E-state index contributed by atoms with van der Waals surface area (Å²) in [5.74, 6) is -0.927. The molecule has 0 aliphatic rings. The Morgan fingerprint density at radius 2 is 2.07 bits per heavy atom. The zero-order valence-corrected chi connectivity index (χ0v) is 8.61. The van der Waals surface area contributed by atoms with Gasteiger partial charge in [0, 0.05) is 5.39 Å². The Balaban J connectivity index is 2.82. The molecule has 0 bridgehead atoms. The molecule has 0 atom stereocenters. The molecular formula is C12H11NO2. The van der Waals surface area contributed by atoms with Crippen molar-refractivity contribution in [1.29, 1.82) is 0 Å². The minimum Gasteiger partial charge on any atom is -0.478 e. The molecule has 15 heavy (non-hydrogen) atoms. The van der Waals surface area contributed by atoms with E-state index in [-0.39, 0.29) is 5.56 Å². The molecular weight excluding hydrogens is 190 g/mol. The van der Waals surface area contributed by atoms with Gasteiger partial charge >= 0.3 is 5.97 Å². The molecule has 1 aromatic carbocycles. The van der Waals surface area contributed by atoms with Crippen molar-refractivity contribution < 1.29 is 9.90 Å². The molecule has 0 aliphatic carbocycles. The van der Waals surface area contributed by atoms with Crippen LogP contribution >= 0.6 is 0 Å². The van der Waals surface area contributed by atoms with Crippen molar-refractivity contribution in [3.8, 4) is 0 Å². The van der Waals surface area contributed by atoms with Crippen LogP contribution in [0.3, 0.4) is 0 Å². The number of aromatic carboxylic acids is 1. The second kappa shape index (κ2) is 3.35. The number of aromatic nitrogens is 1. The Hall–Kier alpha value is -1.90. The number of benzene rings is 1. The summed E-state index contributed by atoms with van der Waals surface area (Å²) in [4.78, 5) is 15.2. The van der Waals surface area contributed by atoms with Gasteiger partial charge in [-0.3, -0.25) is 4.98 Å². The number of fused-ring (bicyclic) bond motifs is 1. The normalized spacial score (nSPS) is 10.5. The van der Waals surface area contributed by atoms with Crippen molar-refractivity contribution in [2.75, 3.05) is 0 Å². The summed E-state index contributed by atoms with van der Waals surface area (Å²) < 4.78 is 0. The zero-order chi connectivity index (χ0) is 11.0. The van der Waals surface area contributed by atoms with E-state index in [1.165, 1.54) is 0 Å². The van der Waals surface area contributed by atoms with Gasteiger partial charge in [-0.1, -0.05) is 18.2 Å². The van der Waals surface area contributed by atoms with Crippen molar-refractivity contribution in [3.63, 3.8) is 0 Å². The first-order valence-corrected chi connectivity index (χ1v) is 4.70. The van der Waals surface area contributed by atoms with Gasteiger partial charge in [-0.2, -0.15) is 0 Å². The van der Waals surface area contributed by atoms with E-state index < -0.39 is 5.97 Å². The van der Waals surface area contributed by atoms with Crippen LogP contribution in [0.4, 0.5) is 0 Å². The van der Waals surface area contributed by atoms with E-state index in [1.54, 1.807) is 13.0 Å². The summed E-state index contributed by atoms with van der Waals surface area (Å²) in [7, 11) is 0. The molecule has 0 spiro atoms. The summed E-state index contributed by atoms with van der Waals surface area (Å²) >= 11 is 0. The molecule has 0 saturated heterocycles. The third-order valence-corrected chi connectivity index (χ3v) is 2.47. The molecule has 1 aromatic heterocycles. The number of para-hydroxylation sites is 1. The molecule has 1 heterocycles. The molecule has 2 rings (SSSR count). The standard InChI is InChI=1S/C12H11NO2/c1-7-4-3-5-9-6-10(12(14)15)8(2)13-11(7)9/h3-6H,1-2H3,(H,14,15). The number of rotatable bonds is 1. The molecule has 0 unspecified atom stereocenters. The van der Waals surface area contributed by atoms with Gasteiger partial charge in [0.15, 0.2) is 0 Å². The molecule has 3 nitrogen and oxygen atoms in total. The predicted molar refractivity (Wildman–Crippen MR) is 58.2 cm³/mol.